The number of hydrogen-bond donors (Lipinski definition) is 0. The van der Waals surface area contributed by atoms with Crippen LogP contribution < -0.4 is 4.74 Å². The molecule has 0 spiro atoms. The smallest absolute Gasteiger partial charge is 0.280 e. The van der Waals surface area contributed by atoms with E-state index in [2.05, 4.69) is 4.99 Å². The molecule has 0 unspecified atom stereocenters. The number of aliphatic imine (C=N–C) groups is 1. The van der Waals surface area contributed by atoms with Gasteiger partial charge in [-0.2, -0.15) is 0 Å². The second-order valence-electron chi connectivity index (χ2n) is 2.91. The lowest BCUT2D eigenvalue weighted by molar-refractivity contribution is 0.106. The first-order chi connectivity index (χ1) is 6.51. The summed E-state index contributed by atoms with van der Waals surface area (Å²) in [6.45, 7) is 0.792. The van der Waals surface area contributed by atoms with Gasteiger partial charge in [-0.3, -0.25) is 4.99 Å². The van der Waals surface area contributed by atoms with Gasteiger partial charge in [-0.15, -0.1) is 0 Å². The first-order valence-electron chi connectivity index (χ1n) is 4.08. The summed E-state index contributed by atoms with van der Waals surface area (Å²) in [5.74, 6) is -2.20. The van der Waals surface area contributed by atoms with Gasteiger partial charge in [-0.05, 0) is 24.3 Å². The van der Waals surface area contributed by atoms with Gasteiger partial charge >= 0.3 is 0 Å². The molecule has 2 nitrogen and oxygen atoms in total. The number of halogens is 2. The molecule has 0 heterocycles. The molecule has 0 aliphatic heterocycles. The van der Waals surface area contributed by atoms with Crippen LogP contribution in [0.15, 0.2) is 29.3 Å². The fourth-order valence-corrected chi connectivity index (χ4v) is 0.856. The van der Waals surface area contributed by atoms with Crippen LogP contribution in [0.2, 0.25) is 0 Å². The summed E-state index contributed by atoms with van der Waals surface area (Å²) in [6, 6.07) is 6.56. The molecule has 1 rings (SSSR count). The molecular weight excluding hydrogens is 188 g/mol. The van der Waals surface area contributed by atoms with Gasteiger partial charge in [0.15, 0.2) is 0 Å². The molecule has 76 valence electrons. The van der Waals surface area contributed by atoms with Crippen molar-refractivity contribution in [1.82, 2.24) is 0 Å². The number of benzene rings is 1. The van der Waals surface area contributed by atoms with Gasteiger partial charge in [-0.1, -0.05) is 0 Å². The summed E-state index contributed by atoms with van der Waals surface area (Å²) < 4.78 is 29.7. The molecule has 0 N–H and O–H groups in total. The maximum absolute atomic E-state index is 12.4. The Kier molecular flexibility index (Phi) is 3.17. The SMILES string of the molecule is COc1ccc(/N=C/C(C)(F)F)cc1. The molecular formula is C10H11F2NO. The molecule has 1 aromatic carbocycles. The maximum atomic E-state index is 12.4. The predicted octanol–water partition coefficient (Wildman–Crippen LogP) is 3.05. The Balaban J connectivity index is 2.74. The van der Waals surface area contributed by atoms with Gasteiger partial charge < -0.3 is 4.74 Å². The van der Waals surface area contributed by atoms with Gasteiger partial charge in [0.25, 0.3) is 5.92 Å². The molecule has 0 aliphatic carbocycles. The van der Waals surface area contributed by atoms with E-state index in [1.165, 1.54) is 0 Å². The van der Waals surface area contributed by atoms with Crippen molar-refractivity contribution in [3.63, 3.8) is 0 Å². The quantitative estimate of drug-likeness (QED) is 0.685. The molecule has 0 amide bonds. The molecule has 4 heteroatoms. The number of ether oxygens (including phenoxy) is 1. The Morgan fingerprint density at radius 3 is 2.29 bits per heavy atom. The van der Waals surface area contributed by atoms with Crippen molar-refractivity contribution in [3.8, 4) is 5.75 Å². The van der Waals surface area contributed by atoms with Crippen LogP contribution in [0.5, 0.6) is 5.75 Å². The normalized spacial score (nSPS) is 12.0. The van der Waals surface area contributed by atoms with E-state index in [9.17, 15) is 8.78 Å². The van der Waals surface area contributed by atoms with Crippen LogP contribution in [-0.4, -0.2) is 19.2 Å². The van der Waals surface area contributed by atoms with E-state index in [0.717, 1.165) is 6.92 Å². The Bertz CT molecular complexity index is 314. The highest BCUT2D eigenvalue weighted by Gasteiger charge is 2.16. The minimum absolute atomic E-state index is 0.479. The molecule has 0 radical (unpaired) electrons. The van der Waals surface area contributed by atoms with Crippen LogP contribution in [0.4, 0.5) is 14.5 Å². The average molecular weight is 199 g/mol. The van der Waals surface area contributed by atoms with E-state index < -0.39 is 5.92 Å². The Hall–Kier alpha value is -1.45. The summed E-state index contributed by atoms with van der Waals surface area (Å²) in [7, 11) is 1.54. The van der Waals surface area contributed by atoms with Gasteiger partial charge in [-0.25, -0.2) is 8.78 Å². The second kappa shape index (κ2) is 4.17. The van der Waals surface area contributed by atoms with Crippen molar-refractivity contribution >= 4 is 11.9 Å². The molecule has 0 aliphatic rings. The van der Waals surface area contributed by atoms with E-state index in [-0.39, 0.29) is 0 Å². The standard InChI is InChI=1S/C10H11F2NO/c1-10(11,12)7-13-8-3-5-9(14-2)6-4-8/h3-7H,1-2H3/b13-7+. The molecule has 0 atom stereocenters. The highest BCUT2D eigenvalue weighted by Crippen LogP contribution is 2.18. The third kappa shape index (κ3) is 3.51. The first-order valence-corrected chi connectivity index (χ1v) is 4.08. The van der Waals surface area contributed by atoms with Gasteiger partial charge in [0.05, 0.1) is 19.0 Å². The molecule has 1 aromatic rings. The molecule has 0 saturated heterocycles. The van der Waals surface area contributed by atoms with E-state index in [1.54, 1.807) is 31.4 Å². The number of alkyl halides is 2. The minimum Gasteiger partial charge on any atom is -0.497 e. The third-order valence-electron chi connectivity index (χ3n) is 1.51. The summed E-state index contributed by atoms with van der Waals surface area (Å²) in [5, 5.41) is 0. The summed E-state index contributed by atoms with van der Waals surface area (Å²) >= 11 is 0. The lowest BCUT2D eigenvalue weighted by atomic mass is 10.3. The number of rotatable bonds is 3. The van der Waals surface area contributed by atoms with E-state index in [1.807, 2.05) is 0 Å². The third-order valence-corrected chi connectivity index (χ3v) is 1.51. The minimum atomic E-state index is -2.88. The van der Waals surface area contributed by atoms with Gasteiger partial charge in [0.1, 0.15) is 5.75 Å². The van der Waals surface area contributed by atoms with Crippen LogP contribution in [0.1, 0.15) is 6.92 Å². The molecule has 0 bridgehead atoms. The molecule has 14 heavy (non-hydrogen) atoms. The fraction of sp³-hybridized carbons (Fsp3) is 0.300. The molecule has 0 fully saturated rings. The van der Waals surface area contributed by atoms with Crippen LogP contribution >= 0.6 is 0 Å². The highest BCUT2D eigenvalue weighted by atomic mass is 19.3. The van der Waals surface area contributed by atoms with E-state index in [4.69, 9.17) is 4.74 Å². The molecule has 0 saturated carbocycles. The zero-order valence-corrected chi connectivity index (χ0v) is 8.00. The summed E-state index contributed by atoms with van der Waals surface area (Å²) in [5.41, 5.74) is 0.479. The van der Waals surface area contributed by atoms with Crippen molar-refractivity contribution in [2.24, 2.45) is 4.99 Å². The summed E-state index contributed by atoms with van der Waals surface area (Å²) in [6.07, 6.45) is 0.620. The van der Waals surface area contributed by atoms with Gasteiger partial charge in [0, 0.05) is 6.92 Å². The Labute approximate surface area is 81.2 Å². The van der Waals surface area contributed by atoms with E-state index in [0.29, 0.717) is 17.7 Å². The van der Waals surface area contributed by atoms with Gasteiger partial charge in [0.2, 0.25) is 0 Å². The predicted molar refractivity (Wildman–Crippen MR) is 51.8 cm³/mol. The number of nitrogens with zero attached hydrogens (tertiary/aromatic N) is 1. The largest absolute Gasteiger partial charge is 0.497 e. The lowest BCUT2D eigenvalue weighted by Gasteiger charge is -2.02. The van der Waals surface area contributed by atoms with Crippen molar-refractivity contribution in [2.75, 3.05) is 7.11 Å². The topological polar surface area (TPSA) is 21.6 Å². The highest BCUT2D eigenvalue weighted by molar-refractivity contribution is 5.69. The average Bonchev–Trinajstić information content (AvgIpc) is 2.14. The number of methoxy groups -OCH3 is 1. The zero-order valence-electron chi connectivity index (χ0n) is 8.00. The summed E-state index contributed by atoms with van der Waals surface area (Å²) in [4.78, 5) is 3.62. The molecule has 0 aromatic heterocycles. The van der Waals surface area contributed by atoms with Crippen molar-refractivity contribution in [3.05, 3.63) is 24.3 Å². The van der Waals surface area contributed by atoms with Crippen molar-refractivity contribution in [2.45, 2.75) is 12.8 Å². The van der Waals surface area contributed by atoms with Crippen LogP contribution in [0.3, 0.4) is 0 Å². The van der Waals surface area contributed by atoms with Crippen LogP contribution in [0, 0.1) is 0 Å². The number of hydrogen-bond acceptors (Lipinski definition) is 2. The monoisotopic (exact) mass is 199 g/mol. The van der Waals surface area contributed by atoms with Crippen LogP contribution in [0.25, 0.3) is 0 Å². The van der Waals surface area contributed by atoms with Crippen molar-refractivity contribution < 1.29 is 13.5 Å². The maximum Gasteiger partial charge on any atom is 0.280 e. The zero-order chi connectivity index (χ0) is 10.6. The Morgan fingerprint density at radius 2 is 1.86 bits per heavy atom. The van der Waals surface area contributed by atoms with E-state index >= 15 is 0 Å². The second-order valence-corrected chi connectivity index (χ2v) is 2.91. The van der Waals surface area contributed by atoms with Crippen LogP contribution in [-0.2, 0) is 0 Å². The fourth-order valence-electron chi connectivity index (χ4n) is 0.856. The lowest BCUT2D eigenvalue weighted by Crippen LogP contribution is -2.10. The first kappa shape index (κ1) is 10.6. The Morgan fingerprint density at radius 1 is 1.29 bits per heavy atom. The van der Waals surface area contributed by atoms with Crippen molar-refractivity contribution in [1.29, 1.82) is 0 Å².